The number of nitrogens with one attached hydrogen (secondary N) is 1. The summed E-state index contributed by atoms with van der Waals surface area (Å²) < 4.78 is 5.66. The van der Waals surface area contributed by atoms with Crippen molar-refractivity contribution in [1.29, 1.82) is 0 Å². The van der Waals surface area contributed by atoms with Gasteiger partial charge in [-0.05, 0) is 36.5 Å². The third-order valence-electron chi connectivity index (χ3n) is 4.58. The van der Waals surface area contributed by atoms with Crippen LogP contribution in [0, 0.1) is 0 Å². The highest BCUT2D eigenvalue weighted by atomic mass is 16.5. The molecule has 0 bridgehead atoms. The number of benzene rings is 1. The van der Waals surface area contributed by atoms with Crippen molar-refractivity contribution in [2.45, 2.75) is 37.7 Å². The van der Waals surface area contributed by atoms with Crippen molar-refractivity contribution in [3.05, 3.63) is 29.8 Å². The first kappa shape index (κ1) is 16.3. The third-order valence-corrected chi connectivity index (χ3v) is 4.58. The molecule has 0 spiro atoms. The number of likely N-dealkylation sites (tertiary alicyclic amines) is 1. The normalized spacial score (nSPS) is 22.2. The lowest BCUT2D eigenvalue weighted by Crippen LogP contribution is -2.46. The molecule has 1 atom stereocenters. The van der Waals surface area contributed by atoms with Gasteiger partial charge in [0, 0.05) is 25.9 Å². The Labute approximate surface area is 139 Å². The lowest BCUT2D eigenvalue weighted by atomic mass is 9.89. The molecule has 0 unspecified atom stereocenters. The molecule has 2 aliphatic heterocycles. The molecule has 2 aliphatic rings. The molecule has 0 aliphatic carbocycles. The quantitative estimate of drug-likeness (QED) is 0.822. The van der Waals surface area contributed by atoms with Crippen molar-refractivity contribution >= 4 is 17.9 Å². The van der Waals surface area contributed by atoms with E-state index in [1.54, 1.807) is 0 Å². The van der Waals surface area contributed by atoms with Crippen molar-refractivity contribution < 1.29 is 24.2 Å². The molecule has 128 valence electrons. The number of carboxylic acid groups (broad SMARTS) is 1. The Kier molecular flexibility index (Phi) is 4.69. The number of piperidine rings is 2. The summed E-state index contributed by atoms with van der Waals surface area (Å²) in [7, 11) is 0. The molecule has 0 saturated carbocycles. The van der Waals surface area contributed by atoms with Crippen LogP contribution in [0.1, 0.15) is 37.2 Å². The van der Waals surface area contributed by atoms with Gasteiger partial charge >= 0.3 is 6.09 Å². The van der Waals surface area contributed by atoms with E-state index in [9.17, 15) is 14.4 Å². The zero-order valence-electron chi connectivity index (χ0n) is 13.2. The highest BCUT2D eigenvalue weighted by Gasteiger charge is 2.28. The highest BCUT2D eigenvalue weighted by Crippen LogP contribution is 2.29. The molecule has 2 fully saturated rings. The summed E-state index contributed by atoms with van der Waals surface area (Å²) in [4.78, 5) is 35.2. The Balaban J connectivity index is 1.57. The number of ether oxygens (including phenoxy) is 1. The topological polar surface area (TPSA) is 95.9 Å². The Morgan fingerprint density at radius 1 is 1.12 bits per heavy atom. The molecule has 0 aromatic heterocycles. The summed E-state index contributed by atoms with van der Waals surface area (Å²) in [5.74, 6) is 0.278. The van der Waals surface area contributed by atoms with E-state index in [1.165, 1.54) is 4.90 Å². The Bertz CT molecular complexity index is 635. The summed E-state index contributed by atoms with van der Waals surface area (Å²) in [5, 5.41) is 11.3. The molecule has 3 amide bonds. The maximum atomic E-state index is 11.7. The molecule has 1 aromatic carbocycles. The summed E-state index contributed by atoms with van der Waals surface area (Å²) in [6.45, 7) is 1.10. The fourth-order valence-corrected chi connectivity index (χ4v) is 3.17. The van der Waals surface area contributed by atoms with E-state index in [1.807, 2.05) is 24.3 Å². The molecule has 7 nitrogen and oxygen atoms in total. The predicted octanol–water partition coefficient (Wildman–Crippen LogP) is 1.73. The van der Waals surface area contributed by atoms with Crippen LogP contribution in [-0.2, 0) is 9.59 Å². The minimum atomic E-state index is -0.860. The maximum absolute atomic E-state index is 11.7. The summed E-state index contributed by atoms with van der Waals surface area (Å²) >= 11 is 0. The van der Waals surface area contributed by atoms with E-state index >= 15 is 0 Å². The Hall–Kier alpha value is -2.57. The van der Waals surface area contributed by atoms with Gasteiger partial charge in [-0.2, -0.15) is 0 Å². The second kappa shape index (κ2) is 6.90. The van der Waals surface area contributed by atoms with Crippen LogP contribution in [-0.4, -0.2) is 47.1 Å². The number of nitrogens with zero attached hydrogens (tertiary/aromatic N) is 1. The third kappa shape index (κ3) is 3.67. The molecule has 24 heavy (non-hydrogen) atoms. The van der Waals surface area contributed by atoms with E-state index in [0.717, 1.165) is 18.4 Å². The minimum absolute atomic E-state index is 0.261. The zero-order chi connectivity index (χ0) is 17.1. The van der Waals surface area contributed by atoms with E-state index in [-0.39, 0.29) is 12.3 Å². The smallest absolute Gasteiger partial charge is 0.407 e. The molecule has 3 rings (SSSR count). The van der Waals surface area contributed by atoms with Gasteiger partial charge in [-0.3, -0.25) is 14.9 Å². The van der Waals surface area contributed by atoms with Crippen molar-refractivity contribution in [3.8, 4) is 5.75 Å². The lowest BCUT2D eigenvalue weighted by Gasteiger charge is -2.30. The van der Waals surface area contributed by atoms with Crippen molar-refractivity contribution in [3.63, 3.8) is 0 Å². The standard InChI is InChI=1S/C17H20N2O5/c20-15-6-5-14(16(21)18-15)24-13-3-1-11(2-4-13)12-7-9-19(10-8-12)17(22)23/h1-4,12,14H,5-10H2,(H,22,23)(H,18,20,21)/t14-/m0/s1. The van der Waals surface area contributed by atoms with Crippen LogP contribution in [0.4, 0.5) is 4.79 Å². The summed E-state index contributed by atoms with van der Waals surface area (Å²) in [5.41, 5.74) is 1.15. The Morgan fingerprint density at radius 3 is 2.38 bits per heavy atom. The number of hydrogen-bond donors (Lipinski definition) is 2. The van der Waals surface area contributed by atoms with Gasteiger partial charge in [-0.15, -0.1) is 0 Å². The molecule has 2 saturated heterocycles. The van der Waals surface area contributed by atoms with Crippen molar-refractivity contribution in [2.24, 2.45) is 0 Å². The molecule has 0 radical (unpaired) electrons. The number of hydrogen-bond acceptors (Lipinski definition) is 4. The van der Waals surface area contributed by atoms with Crippen LogP contribution in [0.3, 0.4) is 0 Å². The fourth-order valence-electron chi connectivity index (χ4n) is 3.17. The van der Waals surface area contributed by atoms with E-state index in [4.69, 9.17) is 9.84 Å². The first-order valence-electron chi connectivity index (χ1n) is 8.11. The second-order valence-corrected chi connectivity index (χ2v) is 6.17. The van der Waals surface area contributed by atoms with E-state index < -0.39 is 18.1 Å². The maximum Gasteiger partial charge on any atom is 0.407 e. The summed E-state index contributed by atoms with van der Waals surface area (Å²) in [6, 6.07) is 7.57. The van der Waals surface area contributed by atoms with Gasteiger partial charge in [0.2, 0.25) is 5.91 Å². The van der Waals surface area contributed by atoms with E-state index in [0.29, 0.717) is 31.2 Å². The van der Waals surface area contributed by atoms with Crippen LogP contribution in [0.5, 0.6) is 5.75 Å². The second-order valence-electron chi connectivity index (χ2n) is 6.17. The van der Waals surface area contributed by atoms with Crippen LogP contribution < -0.4 is 10.1 Å². The lowest BCUT2D eigenvalue weighted by molar-refractivity contribution is -0.138. The van der Waals surface area contributed by atoms with Crippen molar-refractivity contribution in [2.75, 3.05) is 13.1 Å². The molecular weight excluding hydrogens is 312 g/mol. The van der Waals surface area contributed by atoms with Gasteiger partial charge < -0.3 is 14.7 Å². The van der Waals surface area contributed by atoms with Gasteiger partial charge in [0.1, 0.15) is 5.75 Å². The van der Waals surface area contributed by atoms with Crippen molar-refractivity contribution in [1.82, 2.24) is 10.2 Å². The first-order valence-corrected chi connectivity index (χ1v) is 8.11. The van der Waals surface area contributed by atoms with Crippen LogP contribution in [0.15, 0.2) is 24.3 Å². The predicted molar refractivity (Wildman–Crippen MR) is 84.8 cm³/mol. The average Bonchev–Trinajstić information content (AvgIpc) is 2.58. The van der Waals surface area contributed by atoms with Gasteiger partial charge in [0.15, 0.2) is 6.10 Å². The fraction of sp³-hybridized carbons (Fsp3) is 0.471. The molecule has 2 N–H and O–H groups in total. The minimum Gasteiger partial charge on any atom is -0.481 e. The van der Waals surface area contributed by atoms with Gasteiger partial charge in [0.05, 0.1) is 0 Å². The molecular formula is C17H20N2O5. The largest absolute Gasteiger partial charge is 0.481 e. The zero-order valence-corrected chi connectivity index (χ0v) is 13.2. The number of amides is 3. The number of rotatable bonds is 3. The molecule has 2 heterocycles. The van der Waals surface area contributed by atoms with Crippen LogP contribution in [0.25, 0.3) is 0 Å². The first-order chi connectivity index (χ1) is 11.5. The number of carbonyl (C=O) groups is 3. The van der Waals surface area contributed by atoms with Crippen LogP contribution >= 0.6 is 0 Å². The monoisotopic (exact) mass is 332 g/mol. The highest BCUT2D eigenvalue weighted by molar-refractivity contribution is 5.99. The number of carbonyl (C=O) groups excluding carboxylic acids is 2. The molecule has 7 heteroatoms. The SMILES string of the molecule is O=C1CC[C@H](Oc2ccc(C3CCN(C(=O)O)CC3)cc2)C(=O)N1. The van der Waals surface area contributed by atoms with Gasteiger partial charge in [0.25, 0.3) is 5.91 Å². The Morgan fingerprint density at radius 2 is 1.79 bits per heavy atom. The van der Waals surface area contributed by atoms with E-state index in [2.05, 4.69) is 5.32 Å². The molecule has 1 aromatic rings. The average molecular weight is 332 g/mol. The van der Waals surface area contributed by atoms with Gasteiger partial charge in [-0.25, -0.2) is 4.79 Å². The van der Waals surface area contributed by atoms with Gasteiger partial charge in [-0.1, -0.05) is 12.1 Å². The van der Waals surface area contributed by atoms with Crippen LogP contribution in [0.2, 0.25) is 0 Å². The number of imide groups is 1. The summed E-state index contributed by atoms with van der Waals surface area (Å²) in [6.07, 6.45) is 0.796.